The van der Waals surface area contributed by atoms with Gasteiger partial charge in [0.05, 0.1) is 19.8 Å². The van der Waals surface area contributed by atoms with Crippen molar-refractivity contribution in [3.63, 3.8) is 0 Å². The van der Waals surface area contributed by atoms with E-state index in [9.17, 15) is 0 Å². The van der Waals surface area contributed by atoms with Crippen molar-refractivity contribution in [2.45, 2.75) is 13.2 Å². The van der Waals surface area contributed by atoms with E-state index >= 15 is 0 Å². The first-order chi connectivity index (χ1) is 12.4. The second-order valence-electron chi connectivity index (χ2n) is 6.04. The molecule has 0 amide bonds. The molecule has 25 heavy (non-hydrogen) atoms. The minimum absolute atomic E-state index is 0.421. The zero-order valence-corrected chi connectivity index (χ0v) is 14.4. The SMILES string of the molecule is c1ccc2c(c1)Cn1c(nnc1-c1csc(N3CCOCC3)n1)CO2. The highest BCUT2D eigenvalue weighted by Crippen LogP contribution is 2.30. The molecule has 128 valence electrons. The van der Waals surface area contributed by atoms with Gasteiger partial charge in [0.25, 0.3) is 0 Å². The van der Waals surface area contributed by atoms with E-state index in [2.05, 4.69) is 31.1 Å². The van der Waals surface area contributed by atoms with Gasteiger partial charge in [0.15, 0.2) is 16.8 Å². The number of nitrogens with zero attached hydrogens (tertiary/aromatic N) is 5. The number of thiazole rings is 1. The van der Waals surface area contributed by atoms with Crippen molar-refractivity contribution in [2.75, 3.05) is 31.2 Å². The molecule has 7 nitrogen and oxygen atoms in total. The van der Waals surface area contributed by atoms with Crippen LogP contribution in [0, 0.1) is 0 Å². The summed E-state index contributed by atoms with van der Waals surface area (Å²) in [5.74, 6) is 2.53. The van der Waals surface area contributed by atoms with Crippen LogP contribution in [0.5, 0.6) is 5.75 Å². The lowest BCUT2D eigenvalue weighted by atomic mass is 10.2. The number of fused-ring (bicyclic) bond motifs is 2. The molecule has 1 saturated heterocycles. The van der Waals surface area contributed by atoms with E-state index in [0.717, 1.165) is 60.1 Å². The van der Waals surface area contributed by atoms with Crippen LogP contribution in [0.15, 0.2) is 29.6 Å². The molecule has 1 aromatic carbocycles. The summed E-state index contributed by atoms with van der Waals surface area (Å²) >= 11 is 1.64. The lowest BCUT2D eigenvalue weighted by Crippen LogP contribution is -2.36. The second-order valence-corrected chi connectivity index (χ2v) is 6.87. The van der Waals surface area contributed by atoms with Gasteiger partial charge in [-0.2, -0.15) is 0 Å². The van der Waals surface area contributed by atoms with Gasteiger partial charge in [-0.3, -0.25) is 0 Å². The molecule has 0 bridgehead atoms. The third-order valence-corrected chi connectivity index (χ3v) is 5.39. The van der Waals surface area contributed by atoms with E-state index in [-0.39, 0.29) is 0 Å². The average Bonchev–Trinajstić information content (AvgIpc) is 3.25. The van der Waals surface area contributed by atoms with Crippen molar-refractivity contribution in [3.8, 4) is 17.3 Å². The topological polar surface area (TPSA) is 65.3 Å². The fraction of sp³-hybridized carbons (Fsp3) is 0.353. The molecule has 0 saturated carbocycles. The molecule has 1 fully saturated rings. The van der Waals surface area contributed by atoms with E-state index in [1.165, 1.54) is 0 Å². The number of ether oxygens (including phenoxy) is 2. The molecule has 0 unspecified atom stereocenters. The maximum absolute atomic E-state index is 5.86. The summed E-state index contributed by atoms with van der Waals surface area (Å²) in [5.41, 5.74) is 2.00. The molecule has 0 spiro atoms. The summed E-state index contributed by atoms with van der Waals surface area (Å²) < 4.78 is 13.4. The van der Waals surface area contributed by atoms with Crippen LogP contribution in [-0.2, 0) is 17.9 Å². The standard InChI is InChI=1S/C17H17N5O2S/c1-2-4-14-12(3-1)9-22-15(10-24-14)19-20-16(22)13-11-25-17(18-13)21-5-7-23-8-6-21/h1-4,11H,5-10H2. The molecule has 2 aliphatic rings. The van der Waals surface area contributed by atoms with Gasteiger partial charge < -0.3 is 18.9 Å². The van der Waals surface area contributed by atoms with Crippen molar-refractivity contribution in [2.24, 2.45) is 0 Å². The Morgan fingerprint density at radius 3 is 2.88 bits per heavy atom. The summed E-state index contributed by atoms with van der Waals surface area (Å²) in [6, 6.07) is 8.08. The van der Waals surface area contributed by atoms with Crippen LogP contribution >= 0.6 is 11.3 Å². The molecule has 0 N–H and O–H groups in total. The van der Waals surface area contributed by atoms with Gasteiger partial charge >= 0.3 is 0 Å². The molecule has 2 aliphatic heterocycles. The predicted molar refractivity (Wildman–Crippen MR) is 94.0 cm³/mol. The molecule has 4 heterocycles. The summed E-state index contributed by atoms with van der Waals surface area (Å²) in [6.45, 7) is 4.38. The fourth-order valence-corrected chi connectivity index (χ4v) is 4.01. The zero-order valence-electron chi connectivity index (χ0n) is 13.6. The van der Waals surface area contributed by atoms with Crippen LogP contribution in [0.2, 0.25) is 0 Å². The van der Waals surface area contributed by atoms with E-state index in [1.807, 2.05) is 18.2 Å². The fourth-order valence-electron chi connectivity index (χ4n) is 3.15. The number of benzene rings is 1. The number of aromatic nitrogens is 4. The predicted octanol–water partition coefficient (Wildman–Crippen LogP) is 2.18. The van der Waals surface area contributed by atoms with Crippen molar-refractivity contribution in [1.82, 2.24) is 19.7 Å². The molecule has 2 aromatic heterocycles. The normalized spacial score (nSPS) is 16.7. The Bertz CT molecular complexity index is 900. The van der Waals surface area contributed by atoms with Crippen molar-refractivity contribution >= 4 is 16.5 Å². The average molecular weight is 355 g/mol. The lowest BCUT2D eigenvalue weighted by Gasteiger charge is -2.25. The number of anilines is 1. The summed E-state index contributed by atoms with van der Waals surface area (Å²) in [7, 11) is 0. The number of para-hydroxylation sites is 1. The number of hydrogen-bond donors (Lipinski definition) is 0. The van der Waals surface area contributed by atoms with Crippen molar-refractivity contribution in [1.29, 1.82) is 0 Å². The van der Waals surface area contributed by atoms with Crippen LogP contribution < -0.4 is 9.64 Å². The highest BCUT2D eigenvalue weighted by molar-refractivity contribution is 7.14. The molecular formula is C17H17N5O2S. The van der Waals surface area contributed by atoms with Crippen molar-refractivity contribution < 1.29 is 9.47 Å². The lowest BCUT2D eigenvalue weighted by molar-refractivity contribution is 0.122. The third kappa shape index (κ3) is 2.67. The number of rotatable bonds is 2. The minimum Gasteiger partial charge on any atom is -0.485 e. The Morgan fingerprint density at radius 1 is 1.08 bits per heavy atom. The number of hydrogen-bond acceptors (Lipinski definition) is 7. The second kappa shape index (κ2) is 6.12. The number of morpholine rings is 1. The summed E-state index contributed by atoms with van der Waals surface area (Å²) in [4.78, 5) is 7.06. The quantitative estimate of drug-likeness (QED) is 0.702. The van der Waals surface area contributed by atoms with Gasteiger partial charge in [-0.05, 0) is 6.07 Å². The Kier molecular flexibility index (Phi) is 3.64. The van der Waals surface area contributed by atoms with Crippen LogP contribution in [0.25, 0.3) is 11.5 Å². The van der Waals surface area contributed by atoms with Gasteiger partial charge in [0.2, 0.25) is 0 Å². The summed E-state index contributed by atoms with van der Waals surface area (Å²) in [6.07, 6.45) is 0. The molecule has 0 radical (unpaired) electrons. The maximum atomic E-state index is 5.86. The molecule has 3 aromatic rings. The van der Waals surface area contributed by atoms with Gasteiger partial charge in [-0.1, -0.05) is 18.2 Å². The first kappa shape index (κ1) is 14.9. The summed E-state index contributed by atoms with van der Waals surface area (Å²) in [5, 5.41) is 11.8. The van der Waals surface area contributed by atoms with Crippen LogP contribution in [0.4, 0.5) is 5.13 Å². The largest absolute Gasteiger partial charge is 0.485 e. The van der Waals surface area contributed by atoms with Gasteiger partial charge in [-0.15, -0.1) is 21.5 Å². The van der Waals surface area contributed by atoms with E-state index in [4.69, 9.17) is 14.5 Å². The van der Waals surface area contributed by atoms with Crippen molar-refractivity contribution in [3.05, 3.63) is 41.0 Å². The molecule has 0 aliphatic carbocycles. The Labute approximate surface area is 148 Å². The molecular weight excluding hydrogens is 338 g/mol. The van der Waals surface area contributed by atoms with E-state index < -0.39 is 0 Å². The third-order valence-electron chi connectivity index (χ3n) is 4.49. The Morgan fingerprint density at radius 2 is 1.96 bits per heavy atom. The van der Waals surface area contributed by atoms with Crippen LogP contribution in [0.1, 0.15) is 11.4 Å². The first-order valence-electron chi connectivity index (χ1n) is 8.30. The Hall–Kier alpha value is -2.45. The van der Waals surface area contributed by atoms with Gasteiger partial charge in [0, 0.05) is 24.0 Å². The molecule has 5 rings (SSSR count). The highest BCUT2D eigenvalue weighted by atomic mass is 32.1. The zero-order chi connectivity index (χ0) is 16.6. The monoisotopic (exact) mass is 355 g/mol. The van der Waals surface area contributed by atoms with Gasteiger partial charge in [-0.25, -0.2) is 4.98 Å². The van der Waals surface area contributed by atoms with Crippen LogP contribution in [0.3, 0.4) is 0 Å². The minimum atomic E-state index is 0.421. The van der Waals surface area contributed by atoms with E-state index in [1.54, 1.807) is 11.3 Å². The van der Waals surface area contributed by atoms with Crippen LogP contribution in [-0.4, -0.2) is 46.1 Å². The molecule has 8 heteroatoms. The van der Waals surface area contributed by atoms with Gasteiger partial charge in [0.1, 0.15) is 18.1 Å². The highest BCUT2D eigenvalue weighted by Gasteiger charge is 2.22. The smallest absolute Gasteiger partial charge is 0.186 e. The molecule has 0 atom stereocenters. The van der Waals surface area contributed by atoms with E-state index in [0.29, 0.717) is 13.2 Å². The first-order valence-corrected chi connectivity index (χ1v) is 9.18. The maximum Gasteiger partial charge on any atom is 0.186 e. The Balaban J connectivity index is 1.49.